The summed E-state index contributed by atoms with van der Waals surface area (Å²) in [5.74, 6) is 0.300. The number of hydrogen-bond acceptors (Lipinski definition) is 2. The van der Waals surface area contributed by atoms with Crippen molar-refractivity contribution in [1.82, 2.24) is 0 Å². The first-order chi connectivity index (χ1) is 31.0. The number of para-hydroxylation sites is 1. The molecule has 0 saturated heterocycles. The van der Waals surface area contributed by atoms with E-state index in [1.165, 1.54) is 87.4 Å². The van der Waals surface area contributed by atoms with E-state index in [-0.39, 0.29) is 0 Å². The van der Waals surface area contributed by atoms with Crippen molar-refractivity contribution in [2.24, 2.45) is 0 Å². The fourth-order valence-corrected chi connectivity index (χ4v) is 9.64. The molecule has 0 amide bonds. The first-order valence-corrected chi connectivity index (χ1v) is 21.9. The number of fused-ring (bicyclic) bond motifs is 8. The van der Waals surface area contributed by atoms with E-state index in [2.05, 4.69) is 237 Å². The quantitative estimate of drug-likeness (QED) is 0.160. The Bertz CT molecular complexity index is 3710. The molecule has 0 aliphatic rings. The zero-order valence-electron chi connectivity index (χ0n) is 35.2. The number of furan rings is 1. The van der Waals surface area contributed by atoms with Gasteiger partial charge in [0.1, 0.15) is 5.58 Å². The van der Waals surface area contributed by atoms with E-state index in [0.717, 1.165) is 33.6 Å². The Morgan fingerprint density at radius 3 is 1.27 bits per heavy atom. The van der Waals surface area contributed by atoms with Crippen LogP contribution in [0.4, 0.5) is 17.1 Å². The van der Waals surface area contributed by atoms with Crippen molar-refractivity contribution in [1.29, 1.82) is 0 Å². The summed E-state index contributed by atoms with van der Waals surface area (Å²) in [5.41, 5.74) is 13.4. The van der Waals surface area contributed by atoms with Crippen LogP contribution in [0.1, 0.15) is 25.3 Å². The molecular formula is C61H43NO. The largest absolute Gasteiger partial charge is 0.454 e. The molecule has 0 unspecified atom stereocenters. The number of benzene rings is 11. The lowest BCUT2D eigenvalue weighted by Gasteiger charge is -2.26. The maximum Gasteiger partial charge on any atom is 0.159 e. The fraction of sp³-hybridized carbons (Fsp3) is 0.0492. The second kappa shape index (κ2) is 14.9. The van der Waals surface area contributed by atoms with E-state index in [1.54, 1.807) is 0 Å². The highest BCUT2D eigenvalue weighted by atomic mass is 16.3. The highest BCUT2D eigenvalue weighted by Gasteiger charge is 2.23. The minimum atomic E-state index is 0.300. The van der Waals surface area contributed by atoms with E-state index in [1.807, 2.05) is 0 Å². The number of anilines is 3. The molecule has 0 atom stereocenters. The normalized spacial score (nSPS) is 11.8. The van der Waals surface area contributed by atoms with Crippen molar-refractivity contribution in [2.45, 2.75) is 19.8 Å². The maximum absolute atomic E-state index is 7.09. The second-order valence-corrected chi connectivity index (χ2v) is 17.1. The third-order valence-electron chi connectivity index (χ3n) is 13.0. The Kier molecular flexibility index (Phi) is 8.72. The monoisotopic (exact) mass is 805 g/mol. The summed E-state index contributed by atoms with van der Waals surface area (Å²) >= 11 is 0. The molecule has 0 saturated carbocycles. The van der Waals surface area contributed by atoms with Gasteiger partial charge in [0.05, 0.1) is 5.69 Å². The molecule has 11 aromatic carbocycles. The van der Waals surface area contributed by atoms with Crippen molar-refractivity contribution in [3.63, 3.8) is 0 Å². The van der Waals surface area contributed by atoms with Crippen molar-refractivity contribution in [3.8, 4) is 33.4 Å². The molecule has 0 bridgehead atoms. The van der Waals surface area contributed by atoms with Crippen LogP contribution in [0.15, 0.2) is 223 Å². The molecule has 1 heterocycles. The summed E-state index contributed by atoms with van der Waals surface area (Å²) in [7, 11) is 0. The topological polar surface area (TPSA) is 16.4 Å². The maximum atomic E-state index is 7.09. The Morgan fingerprint density at radius 1 is 0.333 bits per heavy atom. The first-order valence-electron chi connectivity index (χ1n) is 21.9. The predicted octanol–water partition coefficient (Wildman–Crippen LogP) is 17.8. The smallest absolute Gasteiger partial charge is 0.159 e. The number of hydrogen-bond donors (Lipinski definition) is 0. The third-order valence-corrected chi connectivity index (χ3v) is 13.0. The van der Waals surface area contributed by atoms with E-state index in [4.69, 9.17) is 4.42 Å². The second-order valence-electron chi connectivity index (χ2n) is 17.1. The molecule has 1 aromatic heterocycles. The highest BCUT2D eigenvalue weighted by Crippen LogP contribution is 2.46. The van der Waals surface area contributed by atoms with Crippen molar-refractivity contribution >= 4 is 82.1 Å². The van der Waals surface area contributed by atoms with Crippen LogP contribution in [-0.4, -0.2) is 0 Å². The van der Waals surface area contributed by atoms with Crippen molar-refractivity contribution in [2.75, 3.05) is 4.90 Å². The third kappa shape index (κ3) is 6.42. The Morgan fingerprint density at radius 2 is 0.746 bits per heavy atom. The van der Waals surface area contributed by atoms with Gasteiger partial charge in [0, 0.05) is 22.1 Å². The van der Waals surface area contributed by atoms with Crippen LogP contribution in [0.5, 0.6) is 0 Å². The zero-order valence-corrected chi connectivity index (χ0v) is 35.2. The average molecular weight is 806 g/mol. The van der Waals surface area contributed by atoms with E-state index < -0.39 is 0 Å². The van der Waals surface area contributed by atoms with E-state index in [0.29, 0.717) is 5.92 Å². The van der Waals surface area contributed by atoms with Gasteiger partial charge < -0.3 is 9.32 Å². The predicted molar refractivity (Wildman–Crippen MR) is 269 cm³/mol. The lowest BCUT2D eigenvalue weighted by molar-refractivity contribution is 0.657. The molecule has 0 aliphatic heterocycles. The summed E-state index contributed by atoms with van der Waals surface area (Å²) in [6.07, 6.45) is 0. The van der Waals surface area contributed by atoms with Gasteiger partial charge in [-0.2, -0.15) is 0 Å². The van der Waals surface area contributed by atoms with Gasteiger partial charge in [-0.3, -0.25) is 0 Å². The summed E-state index contributed by atoms with van der Waals surface area (Å²) in [5, 5.41) is 12.2. The van der Waals surface area contributed by atoms with Crippen LogP contribution in [0.25, 0.3) is 98.4 Å². The molecule has 2 heteroatoms. The summed E-state index contributed by atoms with van der Waals surface area (Å²) < 4.78 is 7.09. The molecular weight excluding hydrogens is 763 g/mol. The molecule has 0 N–H and O–H groups in total. The average Bonchev–Trinajstić information content (AvgIpc) is 3.74. The SMILES string of the molecule is CC(C)c1cc2ccccc2c2c1oc1c(N(c3ccc(-c4ccc5ccccc5c4)cc3)c3ccc(-c4ccc5cc(-c6ccc7ccccc7c6)ccc5c4)cc3)cccc12. The molecule has 298 valence electrons. The van der Waals surface area contributed by atoms with Crippen LogP contribution in [0, 0.1) is 0 Å². The standard InChI is InChI=1S/C61H43NO/c1-39(2)57-38-52-14-7-8-15-55(52)59-56-16-9-17-58(60(56)63-61(57)59)62(53-30-26-42(27-31-53)46-20-18-40-10-3-5-12-44(40)34-46)54-32-28-43(29-33-54)47-22-23-50-37-51(25-24-49(50)36-47)48-21-19-41-11-4-6-13-45(41)35-48/h3-39H,1-2H3. The van der Waals surface area contributed by atoms with Gasteiger partial charge in [0.15, 0.2) is 5.58 Å². The van der Waals surface area contributed by atoms with Gasteiger partial charge in [0.2, 0.25) is 0 Å². The van der Waals surface area contributed by atoms with Crippen molar-refractivity contribution < 1.29 is 4.42 Å². The molecule has 63 heavy (non-hydrogen) atoms. The van der Waals surface area contributed by atoms with Crippen LogP contribution in [0.3, 0.4) is 0 Å². The molecule has 0 radical (unpaired) electrons. The molecule has 12 rings (SSSR count). The van der Waals surface area contributed by atoms with Crippen LogP contribution in [0.2, 0.25) is 0 Å². The highest BCUT2D eigenvalue weighted by molar-refractivity contribution is 6.22. The molecule has 12 aromatic rings. The van der Waals surface area contributed by atoms with Crippen LogP contribution in [-0.2, 0) is 0 Å². The van der Waals surface area contributed by atoms with Gasteiger partial charge in [-0.25, -0.2) is 0 Å². The molecule has 0 spiro atoms. The van der Waals surface area contributed by atoms with E-state index >= 15 is 0 Å². The first kappa shape index (κ1) is 36.9. The summed E-state index contributed by atoms with van der Waals surface area (Å²) in [4.78, 5) is 2.35. The fourth-order valence-electron chi connectivity index (χ4n) is 9.64. The van der Waals surface area contributed by atoms with E-state index in [9.17, 15) is 0 Å². The lowest BCUT2D eigenvalue weighted by atomic mass is 9.95. The minimum Gasteiger partial charge on any atom is -0.454 e. The number of rotatable bonds is 7. The Hall–Kier alpha value is -7.94. The van der Waals surface area contributed by atoms with Crippen LogP contribution >= 0.6 is 0 Å². The minimum absolute atomic E-state index is 0.300. The van der Waals surface area contributed by atoms with Gasteiger partial charge in [0.25, 0.3) is 0 Å². The van der Waals surface area contributed by atoms with Crippen molar-refractivity contribution in [3.05, 3.63) is 224 Å². The lowest BCUT2D eigenvalue weighted by Crippen LogP contribution is -2.10. The molecule has 0 fully saturated rings. The van der Waals surface area contributed by atoms with Crippen LogP contribution < -0.4 is 4.90 Å². The van der Waals surface area contributed by atoms with Gasteiger partial charge in [-0.15, -0.1) is 0 Å². The van der Waals surface area contributed by atoms with Gasteiger partial charge >= 0.3 is 0 Å². The summed E-state index contributed by atoms with van der Waals surface area (Å²) in [6, 6.07) is 79.7. The molecule has 2 nitrogen and oxygen atoms in total. The van der Waals surface area contributed by atoms with Gasteiger partial charge in [-0.05, 0) is 149 Å². The summed E-state index contributed by atoms with van der Waals surface area (Å²) in [6.45, 7) is 4.50. The Labute approximate surface area is 366 Å². The molecule has 0 aliphatic carbocycles. The Balaban J connectivity index is 0.957. The number of nitrogens with zero attached hydrogens (tertiary/aromatic N) is 1. The van der Waals surface area contributed by atoms with Gasteiger partial charge in [-0.1, -0.05) is 172 Å². The zero-order chi connectivity index (χ0) is 42.0.